The molecule has 3 aromatic rings. The van der Waals surface area contributed by atoms with Gasteiger partial charge in [0.15, 0.2) is 5.13 Å². The van der Waals surface area contributed by atoms with Gasteiger partial charge in [0, 0.05) is 18.0 Å². The highest BCUT2D eigenvalue weighted by Gasteiger charge is 2.40. The molecule has 32 heavy (non-hydrogen) atoms. The van der Waals surface area contributed by atoms with Gasteiger partial charge in [-0.2, -0.15) is 0 Å². The van der Waals surface area contributed by atoms with Crippen molar-refractivity contribution in [3.63, 3.8) is 0 Å². The number of rotatable bonds is 4. The lowest BCUT2D eigenvalue weighted by Crippen LogP contribution is -2.40. The van der Waals surface area contributed by atoms with Crippen molar-refractivity contribution in [2.75, 3.05) is 18.0 Å². The van der Waals surface area contributed by atoms with Crippen molar-refractivity contribution in [3.05, 3.63) is 84.5 Å². The molecule has 0 bridgehead atoms. The topological polar surface area (TPSA) is 64.9 Å². The zero-order chi connectivity index (χ0) is 22.1. The molecule has 0 unspecified atom stereocenters. The quantitative estimate of drug-likeness (QED) is 0.215. The van der Waals surface area contributed by atoms with E-state index in [0.717, 1.165) is 41.5 Å². The van der Waals surface area contributed by atoms with Crippen molar-refractivity contribution in [3.8, 4) is 0 Å². The van der Waals surface area contributed by atoms with Gasteiger partial charge in [0.05, 0.1) is 14.9 Å². The maximum absolute atomic E-state index is 9.00. The van der Waals surface area contributed by atoms with Crippen molar-refractivity contribution in [1.29, 1.82) is 0 Å². The number of halogens is 2. The maximum atomic E-state index is 9.00. The Kier molecular flexibility index (Phi) is 5.87. The Morgan fingerprint density at radius 3 is 2.44 bits per heavy atom. The number of hydrogen-bond acceptors (Lipinski definition) is 4. The zero-order valence-corrected chi connectivity index (χ0v) is 19.7. The minimum absolute atomic E-state index is 0.372. The van der Waals surface area contributed by atoms with Crippen LogP contribution in [0.1, 0.15) is 34.4 Å². The van der Waals surface area contributed by atoms with Crippen molar-refractivity contribution in [2.45, 2.75) is 25.7 Å². The SMILES string of the molecule is [N-]=[N+]=Nc1nc(N2CCC3(CC2)Cc2ccccc2C3)sc1/C=C/c1cccc(Cl)c1Cl. The number of thiazole rings is 1. The fourth-order valence-corrected chi connectivity index (χ4v) is 6.11. The molecule has 5 nitrogen and oxygen atoms in total. The minimum Gasteiger partial charge on any atom is -0.348 e. The van der Waals surface area contributed by atoms with Gasteiger partial charge >= 0.3 is 0 Å². The second-order valence-corrected chi connectivity index (χ2v) is 10.3. The van der Waals surface area contributed by atoms with Crippen LogP contribution in [0.5, 0.6) is 0 Å². The largest absolute Gasteiger partial charge is 0.348 e. The summed E-state index contributed by atoms with van der Waals surface area (Å²) in [5, 5.41) is 5.72. The highest BCUT2D eigenvalue weighted by molar-refractivity contribution is 7.17. The fraction of sp³-hybridized carbons (Fsp3) is 0.292. The van der Waals surface area contributed by atoms with Gasteiger partial charge < -0.3 is 4.90 Å². The number of benzene rings is 2. The highest BCUT2D eigenvalue weighted by atomic mass is 35.5. The summed E-state index contributed by atoms with van der Waals surface area (Å²) in [6, 6.07) is 14.3. The highest BCUT2D eigenvalue weighted by Crippen LogP contribution is 2.46. The molecule has 0 amide bonds. The van der Waals surface area contributed by atoms with E-state index in [0.29, 0.717) is 21.3 Å². The van der Waals surface area contributed by atoms with E-state index < -0.39 is 0 Å². The maximum Gasteiger partial charge on any atom is 0.186 e. The lowest BCUT2D eigenvalue weighted by atomic mass is 9.76. The van der Waals surface area contributed by atoms with Crippen LogP contribution in [0.25, 0.3) is 22.6 Å². The Morgan fingerprint density at radius 2 is 1.75 bits per heavy atom. The molecule has 0 N–H and O–H groups in total. The monoisotopic (exact) mass is 481 g/mol. The van der Waals surface area contributed by atoms with E-state index in [1.807, 2.05) is 24.3 Å². The van der Waals surface area contributed by atoms with Crippen LogP contribution in [-0.2, 0) is 12.8 Å². The van der Waals surface area contributed by atoms with Gasteiger partial charge in [0.1, 0.15) is 5.82 Å². The summed E-state index contributed by atoms with van der Waals surface area (Å²) in [6.07, 6.45) is 8.40. The summed E-state index contributed by atoms with van der Waals surface area (Å²) in [6.45, 7) is 1.92. The molecule has 0 atom stereocenters. The lowest BCUT2D eigenvalue weighted by molar-refractivity contribution is 0.233. The molecule has 1 fully saturated rings. The molecule has 2 aliphatic rings. The molecule has 0 saturated carbocycles. The van der Waals surface area contributed by atoms with Crippen LogP contribution in [0.2, 0.25) is 10.0 Å². The summed E-state index contributed by atoms with van der Waals surface area (Å²) in [7, 11) is 0. The first kappa shape index (κ1) is 21.4. The number of hydrogen-bond donors (Lipinski definition) is 0. The summed E-state index contributed by atoms with van der Waals surface area (Å²) in [5.41, 5.74) is 13.2. The molecule has 1 spiro atoms. The molecule has 2 aromatic carbocycles. The van der Waals surface area contributed by atoms with Crippen LogP contribution in [0, 0.1) is 5.41 Å². The Balaban J connectivity index is 1.34. The molecule has 1 aromatic heterocycles. The van der Waals surface area contributed by atoms with E-state index in [2.05, 4.69) is 44.2 Å². The molecule has 8 heteroatoms. The van der Waals surface area contributed by atoms with Gasteiger partial charge in [-0.1, -0.05) is 77.0 Å². The summed E-state index contributed by atoms with van der Waals surface area (Å²) in [4.78, 5) is 10.7. The summed E-state index contributed by atoms with van der Waals surface area (Å²) < 4.78 is 0. The zero-order valence-electron chi connectivity index (χ0n) is 17.3. The van der Waals surface area contributed by atoms with E-state index in [1.165, 1.54) is 24.0 Å². The second kappa shape index (κ2) is 8.80. The van der Waals surface area contributed by atoms with Crippen molar-refractivity contribution in [1.82, 2.24) is 4.98 Å². The fourth-order valence-electron chi connectivity index (χ4n) is 4.78. The summed E-state index contributed by atoms with van der Waals surface area (Å²) in [5.74, 6) is 0.399. The number of piperidine rings is 1. The second-order valence-electron chi connectivity index (χ2n) is 8.46. The predicted molar refractivity (Wildman–Crippen MR) is 134 cm³/mol. The molecular formula is C24H21Cl2N5S. The first-order valence-corrected chi connectivity index (χ1v) is 12.1. The standard InChI is InChI=1S/C24H21Cl2N5S/c25-19-7-3-6-16(21(19)26)8-9-20-22(29-30-27)28-23(32-20)31-12-10-24(11-13-31)14-17-4-1-2-5-18(17)15-24/h1-9H,10-15H2/b9-8+. The van der Waals surface area contributed by atoms with Crippen LogP contribution in [0.15, 0.2) is 47.6 Å². The van der Waals surface area contributed by atoms with Crippen LogP contribution < -0.4 is 4.90 Å². The van der Waals surface area contributed by atoms with E-state index in [1.54, 1.807) is 17.4 Å². The van der Waals surface area contributed by atoms with Crippen LogP contribution >= 0.6 is 34.5 Å². The van der Waals surface area contributed by atoms with Gasteiger partial charge in [0.2, 0.25) is 0 Å². The Labute approximate surface area is 200 Å². The average Bonchev–Trinajstić information content (AvgIpc) is 3.36. The molecule has 1 saturated heterocycles. The van der Waals surface area contributed by atoms with Gasteiger partial charge in [-0.15, -0.1) is 0 Å². The van der Waals surface area contributed by atoms with E-state index in [4.69, 9.17) is 28.7 Å². The number of nitrogens with zero attached hydrogens (tertiary/aromatic N) is 5. The van der Waals surface area contributed by atoms with Crippen molar-refractivity contribution >= 4 is 57.6 Å². The number of azide groups is 1. The molecule has 2 heterocycles. The Hall–Kier alpha value is -2.50. The predicted octanol–water partition coefficient (Wildman–Crippen LogP) is 7.95. The lowest BCUT2D eigenvalue weighted by Gasteiger charge is -2.39. The summed E-state index contributed by atoms with van der Waals surface area (Å²) >= 11 is 13.9. The van der Waals surface area contributed by atoms with Crippen LogP contribution in [0.3, 0.4) is 0 Å². The van der Waals surface area contributed by atoms with Gasteiger partial charge in [0.25, 0.3) is 0 Å². The Bertz CT molecular complexity index is 1210. The van der Waals surface area contributed by atoms with E-state index in [9.17, 15) is 0 Å². The third-order valence-electron chi connectivity index (χ3n) is 6.50. The average molecular weight is 482 g/mol. The molecule has 1 aliphatic heterocycles. The van der Waals surface area contributed by atoms with E-state index >= 15 is 0 Å². The van der Waals surface area contributed by atoms with Crippen molar-refractivity contribution in [2.24, 2.45) is 10.5 Å². The molecular weight excluding hydrogens is 461 g/mol. The molecule has 0 radical (unpaired) electrons. The first-order chi connectivity index (χ1) is 15.6. The van der Waals surface area contributed by atoms with Crippen LogP contribution in [0.4, 0.5) is 10.9 Å². The van der Waals surface area contributed by atoms with Crippen molar-refractivity contribution < 1.29 is 0 Å². The Morgan fingerprint density at radius 1 is 1.03 bits per heavy atom. The van der Waals surface area contributed by atoms with E-state index in [-0.39, 0.29) is 0 Å². The van der Waals surface area contributed by atoms with Gasteiger partial charge in [-0.05, 0) is 70.6 Å². The smallest absolute Gasteiger partial charge is 0.186 e. The van der Waals surface area contributed by atoms with Crippen LogP contribution in [-0.4, -0.2) is 18.1 Å². The van der Waals surface area contributed by atoms with Gasteiger partial charge in [-0.3, -0.25) is 0 Å². The van der Waals surface area contributed by atoms with Gasteiger partial charge in [-0.25, -0.2) is 4.98 Å². The third-order valence-corrected chi connectivity index (χ3v) is 8.41. The first-order valence-electron chi connectivity index (χ1n) is 10.6. The number of aromatic nitrogens is 1. The number of fused-ring (bicyclic) bond motifs is 1. The normalized spacial score (nSPS) is 17.0. The minimum atomic E-state index is 0.372. The number of anilines is 1. The molecule has 5 rings (SSSR count). The third kappa shape index (κ3) is 4.12. The molecule has 1 aliphatic carbocycles. The molecule has 162 valence electrons.